The van der Waals surface area contributed by atoms with Crippen molar-refractivity contribution < 1.29 is 40.3 Å². The van der Waals surface area contributed by atoms with Crippen molar-refractivity contribution in [2.45, 2.75) is 12.5 Å². The molecule has 122 valence electrons. The summed E-state index contributed by atoms with van der Waals surface area (Å²) in [6, 6.07) is 9.07. The average Bonchev–Trinajstić information content (AvgIpc) is 3.19. The van der Waals surface area contributed by atoms with Crippen molar-refractivity contribution in [1.29, 1.82) is 0 Å². The van der Waals surface area contributed by atoms with Crippen LogP contribution in [-0.4, -0.2) is 10.9 Å². The predicted octanol–water partition coefficient (Wildman–Crippen LogP) is 2.87. The van der Waals surface area contributed by atoms with Crippen molar-refractivity contribution in [2.24, 2.45) is 0 Å². The number of benzene rings is 1. The molecule has 4 nitrogen and oxygen atoms in total. The van der Waals surface area contributed by atoms with Crippen LogP contribution in [0.4, 0.5) is 0 Å². The first-order valence-corrected chi connectivity index (χ1v) is 6.46. The van der Waals surface area contributed by atoms with Gasteiger partial charge in [-0.05, 0) is 51.5 Å². The van der Waals surface area contributed by atoms with E-state index in [4.69, 9.17) is 9.30 Å². The second kappa shape index (κ2) is 20.1. The molecule has 1 fully saturated rings. The molecule has 5 heteroatoms. The Morgan fingerprint density at radius 1 is 0.958 bits per heavy atom. The predicted molar refractivity (Wildman–Crippen MR) is 84.3 cm³/mol. The van der Waals surface area contributed by atoms with Gasteiger partial charge in [0.05, 0.1) is 6.10 Å². The third kappa shape index (κ3) is 14.6. The van der Waals surface area contributed by atoms with E-state index in [9.17, 15) is 9.90 Å². The number of hydrogen-bond donors (Lipinski definition) is 1. The molecule has 0 amide bonds. The molecule has 24 heavy (non-hydrogen) atoms. The van der Waals surface area contributed by atoms with Gasteiger partial charge in [-0.15, -0.1) is 0 Å². The zero-order valence-electron chi connectivity index (χ0n) is 13.1. The number of aliphatic hydroxyl groups is 1. The van der Waals surface area contributed by atoms with Gasteiger partial charge in [0.15, 0.2) is 0 Å². The molecular formula is C19H18MoO4+2. The van der Waals surface area contributed by atoms with Crippen LogP contribution in [0.3, 0.4) is 0 Å². The Labute approximate surface area is 159 Å². The van der Waals surface area contributed by atoms with Crippen LogP contribution < -0.4 is 0 Å². The average molecular weight is 406 g/mol. The van der Waals surface area contributed by atoms with Crippen LogP contribution >= 0.6 is 0 Å². The van der Waals surface area contributed by atoms with Crippen LogP contribution in [0, 0.1) is 65.2 Å². The zero-order valence-corrected chi connectivity index (χ0v) is 15.1. The fourth-order valence-electron chi connectivity index (χ4n) is 1.43. The summed E-state index contributed by atoms with van der Waals surface area (Å²) in [4.78, 5) is 11.2. The van der Waals surface area contributed by atoms with Gasteiger partial charge in [0.25, 0.3) is 0 Å². The van der Waals surface area contributed by atoms with Crippen LogP contribution in [0.2, 0.25) is 0 Å². The molecule has 0 bridgehead atoms. The van der Waals surface area contributed by atoms with Crippen LogP contribution in [0.1, 0.15) is 18.1 Å². The molecule has 1 aromatic carbocycles. The number of Topliss-reactive ketones (excluding diaryl/α,β-unsaturated/α-hetero) is 1. The molecule has 0 aliphatic heterocycles. The molecule has 0 heterocycles. The molecule has 0 saturated heterocycles. The maximum atomic E-state index is 11.2. The van der Waals surface area contributed by atoms with Gasteiger partial charge < -0.3 is 5.11 Å². The number of aliphatic hydroxyl groups excluding tert-OH is 1. The van der Waals surface area contributed by atoms with E-state index in [1.807, 2.05) is 50.3 Å². The monoisotopic (exact) mass is 408 g/mol. The summed E-state index contributed by atoms with van der Waals surface area (Å²) in [6.45, 7) is 15.9. The fourth-order valence-corrected chi connectivity index (χ4v) is 1.43. The second-order valence-corrected chi connectivity index (χ2v) is 4.12. The van der Waals surface area contributed by atoms with Crippen molar-refractivity contribution >= 4 is 5.78 Å². The minimum atomic E-state index is -0.762. The number of rotatable bonds is 4. The minimum absolute atomic E-state index is 0. The molecular weight excluding hydrogens is 388 g/mol. The smallest absolute Gasteiger partial charge is 0.388 e. The van der Waals surface area contributed by atoms with Gasteiger partial charge in [0, 0.05) is 12.3 Å². The minimum Gasteiger partial charge on any atom is -0.388 e. The number of ketones is 1. The third-order valence-electron chi connectivity index (χ3n) is 2.51. The number of carbonyl (C=O) groups is 1. The van der Waals surface area contributed by atoms with Gasteiger partial charge in [-0.25, -0.2) is 0 Å². The Morgan fingerprint density at radius 2 is 1.33 bits per heavy atom. The Morgan fingerprint density at radius 3 is 1.67 bits per heavy atom. The summed E-state index contributed by atoms with van der Waals surface area (Å²) in [7, 11) is 0. The van der Waals surface area contributed by atoms with Gasteiger partial charge in [-0.1, -0.05) is 30.3 Å². The molecule has 2 rings (SSSR count). The molecule has 0 aromatic heterocycles. The van der Waals surface area contributed by atoms with Gasteiger partial charge in [0.1, 0.15) is 5.78 Å². The second-order valence-electron chi connectivity index (χ2n) is 4.12. The number of carbonyl (C=O) groups excluding carboxylic acids is 1. The van der Waals surface area contributed by atoms with Gasteiger partial charge >= 0.3 is 43.7 Å². The van der Waals surface area contributed by atoms with E-state index in [-0.39, 0.29) is 39.2 Å². The molecule has 1 aliphatic rings. The van der Waals surface area contributed by atoms with Crippen molar-refractivity contribution in [3.8, 4) is 0 Å². The maximum Gasteiger partial charge on any atom is 2.00 e. The Balaban J connectivity index is -0.000000368. The van der Waals surface area contributed by atoms with Crippen molar-refractivity contribution in [3.63, 3.8) is 0 Å². The Bertz CT molecular complexity index is 423. The van der Waals surface area contributed by atoms with Crippen LogP contribution in [0.15, 0.2) is 30.3 Å². The molecule has 1 aromatic rings. The van der Waals surface area contributed by atoms with Gasteiger partial charge in [0.2, 0.25) is 0 Å². The van der Waals surface area contributed by atoms with Crippen LogP contribution in [-0.2, 0) is 35.2 Å². The van der Waals surface area contributed by atoms with Crippen LogP contribution in [0.5, 0.6) is 0 Å². The topological polar surface area (TPSA) is 77.1 Å². The molecule has 1 atom stereocenters. The van der Waals surface area contributed by atoms with E-state index < -0.39 is 6.10 Å². The molecule has 1 aliphatic carbocycles. The normalized spacial score (nSPS) is 12.7. The first kappa shape index (κ1) is 27.8. The SMILES string of the molecule is [C-]#[O+].[C-]#[O+].[CH2][C]([CH2])C(=O)CC(O)c1ccccc1.[CH]1[CH][CH][CH][CH]1.[Mo+2]. The summed E-state index contributed by atoms with van der Waals surface area (Å²) in [6.07, 6.45) is 9.29. The van der Waals surface area contributed by atoms with Crippen molar-refractivity contribution in [2.75, 3.05) is 0 Å². The molecule has 8 radical (unpaired) electrons. The summed E-state index contributed by atoms with van der Waals surface area (Å²) in [5.41, 5.74) is 0.738. The Kier molecular flexibility index (Phi) is 23.3. The van der Waals surface area contributed by atoms with Crippen molar-refractivity contribution in [1.82, 2.24) is 0 Å². The number of hydrogen-bond acceptors (Lipinski definition) is 2. The molecule has 1 unspecified atom stereocenters. The fraction of sp³-hybridized carbons (Fsp3) is 0.105. The largest absolute Gasteiger partial charge is 2.00 e. The van der Waals surface area contributed by atoms with E-state index >= 15 is 0 Å². The van der Waals surface area contributed by atoms with E-state index in [0.29, 0.717) is 0 Å². The molecule has 1 saturated carbocycles. The van der Waals surface area contributed by atoms with Crippen molar-refractivity contribution in [3.05, 3.63) is 101 Å². The maximum absolute atomic E-state index is 11.2. The van der Waals surface area contributed by atoms with Gasteiger partial charge in [-0.3, -0.25) is 4.79 Å². The third-order valence-corrected chi connectivity index (χ3v) is 2.51. The first-order valence-electron chi connectivity index (χ1n) is 6.46. The summed E-state index contributed by atoms with van der Waals surface area (Å²) in [5.74, 6) is 0.0290. The first-order chi connectivity index (χ1) is 11.1. The Hall–Kier alpha value is -0.982. The van der Waals surface area contributed by atoms with E-state index in [2.05, 4.69) is 27.1 Å². The molecule has 1 N–H and O–H groups in total. The van der Waals surface area contributed by atoms with E-state index in [0.717, 1.165) is 5.56 Å². The standard InChI is InChI=1S/C12H13O2.C5H5.2CO.Mo/c1-9(2)11(13)8-12(14)10-6-4-3-5-7-10;1-2-4-5-3-1;2*1-2;/h3-7,12,14H,1-2,8H2;1-5H;;;/q;;;;+2. The van der Waals surface area contributed by atoms with E-state index in [1.54, 1.807) is 12.1 Å². The quantitative estimate of drug-likeness (QED) is 0.474. The van der Waals surface area contributed by atoms with Crippen LogP contribution in [0.25, 0.3) is 0 Å². The summed E-state index contributed by atoms with van der Waals surface area (Å²) >= 11 is 0. The summed E-state index contributed by atoms with van der Waals surface area (Å²) < 4.78 is 15.0. The molecule has 0 spiro atoms. The summed E-state index contributed by atoms with van der Waals surface area (Å²) in [5, 5.41) is 9.65. The van der Waals surface area contributed by atoms with Gasteiger partial charge in [-0.2, -0.15) is 0 Å². The zero-order chi connectivity index (χ0) is 18.1. The van der Waals surface area contributed by atoms with E-state index in [1.165, 1.54) is 0 Å².